The Labute approximate surface area is 127 Å². The molecule has 2 rings (SSSR count). The second-order valence-corrected chi connectivity index (χ2v) is 5.53. The largest absolute Gasteiger partial charge is 0.497 e. The van der Waals surface area contributed by atoms with E-state index in [0.717, 1.165) is 38.3 Å². The van der Waals surface area contributed by atoms with Crippen LogP contribution in [0.4, 0.5) is 5.69 Å². The second-order valence-electron chi connectivity index (χ2n) is 4.67. The van der Waals surface area contributed by atoms with Crippen LogP contribution < -0.4 is 15.2 Å². The first kappa shape index (κ1) is 14.7. The van der Waals surface area contributed by atoms with E-state index in [0.29, 0.717) is 6.61 Å². The van der Waals surface area contributed by atoms with Crippen molar-refractivity contribution in [1.29, 1.82) is 0 Å². The van der Waals surface area contributed by atoms with Crippen molar-refractivity contribution in [3.63, 3.8) is 0 Å². The van der Waals surface area contributed by atoms with Crippen LogP contribution in [0.1, 0.15) is 16.7 Å². The minimum atomic E-state index is 0.461. The Hall–Kier alpha value is -1.68. The first-order chi connectivity index (χ1) is 9.52. The Morgan fingerprint density at radius 3 is 2.60 bits per heavy atom. The van der Waals surface area contributed by atoms with Gasteiger partial charge in [-0.1, -0.05) is 22.0 Å². The lowest BCUT2D eigenvalue weighted by Gasteiger charge is -2.15. The molecule has 2 aromatic rings. The molecule has 0 amide bonds. The maximum Gasteiger partial charge on any atom is 0.127 e. The number of hydrogen-bond donors (Lipinski definition) is 1. The Balaban J connectivity index is 2.23. The lowest BCUT2D eigenvalue weighted by molar-refractivity contribution is 0.300. The van der Waals surface area contributed by atoms with Gasteiger partial charge in [-0.3, -0.25) is 0 Å². The van der Waals surface area contributed by atoms with Gasteiger partial charge in [0, 0.05) is 21.3 Å². The molecule has 106 valence electrons. The molecule has 0 unspecified atom stereocenters. The highest BCUT2D eigenvalue weighted by atomic mass is 79.9. The summed E-state index contributed by atoms with van der Waals surface area (Å²) in [6.45, 7) is 4.45. The average Bonchev–Trinajstić information content (AvgIpc) is 2.45. The zero-order chi connectivity index (χ0) is 14.7. The van der Waals surface area contributed by atoms with Gasteiger partial charge >= 0.3 is 0 Å². The topological polar surface area (TPSA) is 44.5 Å². The third-order valence-corrected chi connectivity index (χ3v) is 4.04. The number of rotatable bonds is 4. The van der Waals surface area contributed by atoms with E-state index in [1.165, 1.54) is 0 Å². The minimum absolute atomic E-state index is 0.461. The fourth-order valence-corrected chi connectivity index (χ4v) is 2.36. The molecule has 20 heavy (non-hydrogen) atoms. The van der Waals surface area contributed by atoms with Crippen molar-refractivity contribution in [1.82, 2.24) is 0 Å². The van der Waals surface area contributed by atoms with Crippen LogP contribution in [-0.4, -0.2) is 7.11 Å². The summed E-state index contributed by atoms with van der Waals surface area (Å²) in [6, 6.07) is 9.69. The Morgan fingerprint density at radius 2 is 1.90 bits per heavy atom. The van der Waals surface area contributed by atoms with Crippen molar-refractivity contribution in [2.24, 2.45) is 0 Å². The summed E-state index contributed by atoms with van der Waals surface area (Å²) in [7, 11) is 1.65. The zero-order valence-corrected chi connectivity index (χ0v) is 13.5. The molecule has 0 aromatic heterocycles. The molecule has 0 saturated carbocycles. The Bertz CT molecular complexity index is 626. The number of anilines is 1. The molecule has 0 radical (unpaired) electrons. The minimum Gasteiger partial charge on any atom is -0.497 e. The van der Waals surface area contributed by atoms with Gasteiger partial charge in [0.2, 0.25) is 0 Å². The highest BCUT2D eigenvalue weighted by molar-refractivity contribution is 9.10. The molecule has 2 aromatic carbocycles. The predicted molar refractivity (Wildman–Crippen MR) is 85.4 cm³/mol. The van der Waals surface area contributed by atoms with E-state index in [1.54, 1.807) is 7.11 Å². The number of nitrogen functional groups attached to an aromatic ring is 1. The van der Waals surface area contributed by atoms with Crippen molar-refractivity contribution in [2.45, 2.75) is 20.5 Å². The van der Waals surface area contributed by atoms with Gasteiger partial charge < -0.3 is 15.2 Å². The number of halogens is 1. The van der Waals surface area contributed by atoms with E-state index < -0.39 is 0 Å². The van der Waals surface area contributed by atoms with Crippen molar-refractivity contribution < 1.29 is 9.47 Å². The highest BCUT2D eigenvalue weighted by Gasteiger charge is 2.09. The zero-order valence-electron chi connectivity index (χ0n) is 11.9. The van der Waals surface area contributed by atoms with Crippen LogP contribution in [0.5, 0.6) is 11.5 Å². The van der Waals surface area contributed by atoms with Crippen LogP contribution in [0.2, 0.25) is 0 Å². The first-order valence-electron chi connectivity index (χ1n) is 6.34. The Kier molecular flexibility index (Phi) is 4.55. The molecule has 4 heteroatoms. The van der Waals surface area contributed by atoms with Crippen LogP contribution in [0, 0.1) is 13.8 Å². The molecule has 0 atom stereocenters. The molecule has 0 heterocycles. The Morgan fingerprint density at radius 1 is 1.15 bits per heavy atom. The van der Waals surface area contributed by atoms with E-state index in [1.807, 2.05) is 44.2 Å². The number of hydrogen-bond acceptors (Lipinski definition) is 3. The van der Waals surface area contributed by atoms with Crippen molar-refractivity contribution in [3.8, 4) is 11.5 Å². The summed E-state index contributed by atoms with van der Waals surface area (Å²) in [4.78, 5) is 0. The van der Waals surface area contributed by atoms with Gasteiger partial charge in [-0.2, -0.15) is 0 Å². The summed E-state index contributed by atoms with van der Waals surface area (Å²) < 4.78 is 12.2. The lowest BCUT2D eigenvalue weighted by atomic mass is 10.1. The molecular weight excluding hydrogens is 318 g/mol. The summed E-state index contributed by atoms with van der Waals surface area (Å²) in [6.07, 6.45) is 0. The number of nitrogens with two attached hydrogens (primary N) is 1. The molecule has 0 aliphatic heterocycles. The molecule has 0 aliphatic rings. The maximum absolute atomic E-state index is 5.95. The van der Waals surface area contributed by atoms with E-state index in [4.69, 9.17) is 15.2 Å². The third-order valence-electron chi connectivity index (χ3n) is 3.27. The smallest absolute Gasteiger partial charge is 0.127 e. The molecule has 0 bridgehead atoms. The van der Waals surface area contributed by atoms with Gasteiger partial charge in [0.25, 0.3) is 0 Å². The predicted octanol–water partition coefficient (Wildman–Crippen LogP) is 4.24. The number of methoxy groups -OCH3 is 1. The van der Waals surface area contributed by atoms with Crippen LogP contribution in [0.3, 0.4) is 0 Å². The van der Waals surface area contributed by atoms with Gasteiger partial charge in [0.1, 0.15) is 18.1 Å². The third kappa shape index (κ3) is 3.07. The lowest BCUT2D eigenvalue weighted by Crippen LogP contribution is -2.02. The maximum atomic E-state index is 5.95. The van der Waals surface area contributed by atoms with E-state index in [9.17, 15) is 0 Å². The standard InChI is InChI=1S/C16H18BrNO2/c1-10-4-7-15(18)11(2)16(10)20-9-12-8-13(19-3)5-6-14(12)17/h4-8H,9,18H2,1-3H3. The van der Waals surface area contributed by atoms with Crippen LogP contribution in [0.15, 0.2) is 34.8 Å². The fourth-order valence-electron chi connectivity index (χ4n) is 2.00. The van der Waals surface area contributed by atoms with E-state index in [-0.39, 0.29) is 0 Å². The van der Waals surface area contributed by atoms with Gasteiger partial charge in [-0.25, -0.2) is 0 Å². The van der Waals surface area contributed by atoms with Crippen molar-refractivity contribution in [3.05, 3.63) is 51.5 Å². The fraction of sp³-hybridized carbons (Fsp3) is 0.250. The molecule has 0 spiro atoms. The van der Waals surface area contributed by atoms with Gasteiger partial charge in [-0.05, 0) is 43.7 Å². The van der Waals surface area contributed by atoms with Crippen LogP contribution >= 0.6 is 15.9 Å². The van der Waals surface area contributed by atoms with Gasteiger partial charge in [-0.15, -0.1) is 0 Å². The van der Waals surface area contributed by atoms with E-state index >= 15 is 0 Å². The van der Waals surface area contributed by atoms with E-state index in [2.05, 4.69) is 15.9 Å². The average molecular weight is 336 g/mol. The van der Waals surface area contributed by atoms with Gasteiger partial charge in [0.05, 0.1) is 7.11 Å². The molecule has 0 saturated heterocycles. The van der Waals surface area contributed by atoms with Gasteiger partial charge in [0.15, 0.2) is 0 Å². The molecule has 2 N–H and O–H groups in total. The summed E-state index contributed by atoms with van der Waals surface area (Å²) in [5, 5.41) is 0. The molecule has 3 nitrogen and oxygen atoms in total. The van der Waals surface area contributed by atoms with Crippen LogP contribution in [0.25, 0.3) is 0 Å². The summed E-state index contributed by atoms with van der Waals surface area (Å²) in [5.41, 5.74) is 9.76. The molecular formula is C16H18BrNO2. The number of benzene rings is 2. The first-order valence-corrected chi connectivity index (χ1v) is 7.13. The van der Waals surface area contributed by atoms with Crippen molar-refractivity contribution >= 4 is 21.6 Å². The number of aryl methyl sites for hydroxylation is 1. The normalized spacial score (nSPS) is 10.4. The SMILES string of the molecule is COc1ccc(Br)c(COc2c(C)ccc(N)c2C)c1. The summed E-state index contributed by atoms with van der Waals surface area (Å²) >= 11 is 3.52. The number of ether oxygens (including phenoxy) is 2. The summed E-state index contributed by atoms with van der Waals surface area (Å²) in [5.74, 6) is 1.66. The highest BCUT2D eigenvalue weighted by Crippen LogP contribution is 2.30. The molecule has 0 aliphatic carbocycles. The molecule has 0 fully saturated rings. The monoisotopic (exact) mass is 335 g/mol. The van der Waals surface area contributed by atoms with Crippen LogP contribution in [-0.2, 0) is 6.61 Å². The quantitative estimate of drug-likeness (QED) is 0.850. The van der Waals surface area contributed by atoms with Crippen molar-refractivity contribution in [2.75, 3.05) is 12.8 Å². The second kappa shape index (κ2) is 6.18.